The van der Waals surface area contributed by atoms with Gasteiger partial charge in [0.15, 0.2) is 0 Å². The highest BCUT2D eigenvalue weighted by molar-refractivity contribution is 5.81. The minimum absolute atomic E-state index is 0.00167. The van der Waals surface area contributed by atoms with Gasteiger partial charge in [-0.25, -0.2) is 0 Å². The van der Waals surface area contributed by atoms with E-state index in [0.717, 1.165) is 12.0 Å². The van der Waals surface area contributed by atoms with Crippen molar-refractivity contribution in [2.45, 2.75) is 52.6 Å². The Kier molecular flexibility index (Phi) is 6.03. The number of carbonyl (C=O) groups excluding carboxylic acids is 1. The normalized spacial score (nSPS) is 14.2. The number of nitrogens with two attached hydrogens (primary N) is 1. The van der Waals surface area contributed by atoms with Crippen molar-refractivity contribution in [1.82, 2.24) is 5.32 Å². The summed E-state index contributed by atoms with van der Waals surface area (Å²) in [7, 11) is 0. The summed E-state index contributed by atoms with van der Waals surface area (Å²) >= 11 is 0. The zero-order valence-electron chi connectivity index (χ0n) is 12.4. The smallest absolute Gasteiger partial charge is 0.237 e. The van der Waals surface area contributed by atoms with Gasteiger partial charge in [-0.15, -0.1) is 0 Å². The molecule has 3 heteroatoms. The monoisotopic (exact) mass is 262 g/mol. The molecule has 1 rings (SSSR count). The highest BCUT2D eigenvalue weighted by Gasteiger charge is 2.14. The van der Waals surface area contributed by atoms with Crippen LogP contribution >= 0.6 is 0 Å². The molecule has 0 radical (unpaired) electrons. The Bertz CT molecular complexity index is 398. The topological polar surface area (TPSA) is 55.1 Å². The summed E-state index contributed by atoms with van der Waals surface area (Å²) in [6.45, 7) is 8.32. The average Bonchev–Trinajstić information content (AvgIpc) is 2.37. The molecule has 0 aliphatic carbocycles. The van der Waals surface area contributed by atoms with Crippen LogP contribution in [-0.2, 0) is 11.2 Å². The summed E-state index contributed by atoms with van der Waals surface area (Å²) in [5, 5.41) is 2.94. The number of nitrogens with one attached hydrogen (secondary N) is 1. The molecule has 0 aromatic heterocycles. The summed E-state index contributed by atoms with van der Waals surface area (Å²) in [4.78, 5) is 11.7. The fraction of sp³-hybridized carbons (Fsp3) is 0.562. The van der Waals surface area contributed by atoms with Crippen LogP contribution in [0.15, 0.2) is 24.3 Å². The Hall–Kier alpha value is -1.35. The summed E-state index contributed by atoms with van der Waals surface area (Å²) in [5.41, 5.74) is 8.16. The molecule has 2 unspecified atom stereocenters. The van der Waals surface area contributed by atoms with Crippen molar-refractivity contribution in [3.8, 4) is 0 Å². The Morgan fingerprint density at radius 3 is 2.26 bits per heavy atom. The van der Waals surface area contributed by atoms with Crippen LogP contribution in [0.1, 0.15) is 51.3 Å². The molecule has 1 aromatic rings. The van der Waals surface area contributed by atoms with E-state index in [1.54, 1.807) is 0 Å². The van der Waals surface area contributed by atoms with E-state index >= 15 is 0 Å². The van der Waals surface area contributed by atoms with E-state index in [2.05, 4.69) is 43.4 Å². The molecule has 0 saturated heterocycles. The third kappa shape index (κ3) is 5.03. The van der Waals surface area contributed by atoms with Gasteiger partial charge in [0.05, 0.1) is 12.1 Å². The van der Waals surface area contributed by atoms with Crippen LogP contribution in [0.5, 0.6) is 0 Å². The maximum atomic E-state index is 11.7. The minimum Gasteiger partial charge on any atom is -0.348 e. The van der Waals surface area contributed by atoms with E-state index in [1.807, 2.05) is 13.8 Å². The van der Waals surface area contributed by atoms with Crippen molar-refractivity contribution in [2.24, 2.45) is 11.7 Å². The molecule has 1 amide bonds. The molecule has 3 nitrogen and oxygen atoms in total. The van der Waals surface area contributed by atoms with Crippen LogP contribution in [-0.4, -0.2) is 11.9 Å². The summed E-state index contributed by atoms with van der Waals surface area (Å²) in [5.74, 6) is 0.576. The highest BCUT2D eigenvalue weighted by atomic mass is 16.2. The second kappa shape index (κ2) is 7.29. The van der Waals surface area contributed by atoms with Crippen molar-refractivity contribution >= 4 is 5.91 Å². The fourth-order valence-electron chi connectivity index (χ4n) is 2.00. The Morgan fingerprint density at radius 1 is 1.21 bits per heavy atom. The molecule has 0 heterocycles. The van der Waals surface area contributed by atoms with Crippen molar-refractivity contribution in [3.05, 3.63) is 35.4 Å². The van der Waals surface area contributed by atoms with Crippen molar-refractivity contribution in [3.63, 3.8) is 0 Å². The van der Waals surface area contributed by atoms with Crippen LogP contribution < -0.4 is 11.1 Å². The molecular formula is C16H26N2O. The standard InChI is InChI=1S/C16H26N2O/c1-5-15(17)16(19)18-12(4)14-8-6-13(7-9-14)10-11(2)3/h6-9,11-12,15H,5,10,17H2,1-4H3,(H,18,19). The first kappa shape index (κ1) is 15.7. The predicted octanol–water partition coefficient (Wildman–Crippen LogP) is 2.80. The number of amides is 1. The van der Waals surface area contributed by atoms with Crippen molar-refractivity contribution in [1.29, 1.82) is 0 Å². The quantitative estimate of drug-likeness (QED) is 0.828. The van der Waals surface area contributed by atoms with E-state index in [0.29, 0.717) is 12.3 Å². The number of carbonyl (C=O) groups is 1. The first-order chi connectivity index (χ1) is 8.93. The van der Waals surface area contributed by atoms with Gasteiger partial charge in [-0.3, -0.25) is 4.79 Å². The molecule has 0 bridgehead atoms. The number of hydrogen-bond donors (Lipinski definition) is 2. The van der Waals surface area contributed by atoms with Gasteiger partial charge in [-0.05, 0) is 36.8 Å². The first-order valence-electron chi connectivity index (χ1n) is 7.08. The van der Waals surface area contributed by atoms with E-state index in [-0.39, 0.29) is 11.9 Å². The maximum absolute atomic E-state index is 11.7. The third-order valence-electron chi connectivity index (χ3n) is 3.26. The van der Waals surface area contributed by atoms with Gasteiger partial charge in [0.2, 0.25) is 5.91 Å². The zero-order valence-corrected chi connectivity index (χ0v) is 12.4. The second-order valence-electron chi connectivity index (χ2n) is 5.58. The zero-order chi connectivity index (χ0) is 14.4. The van der Waals surface area contributed by atoms with Gasteiger partial charge in [0, 0.05) is 0 Å². The van der Waals surface area contributed by atoms with Crippen LogP contribution in [0.25, 0.3) is 0 Å². The molecule has 3 N–H and O–H groups in total. The SMILES string of the molecule is CCC(N)C(=O)NC(C)c1ccc(CC(C)C)cc1. The van der Waals surface area contributed by atoms with Crippen LogP contribution in [0.4, 0.5) is 0 Å². The lowest BCUT2D eigenvalue weighted by Gasteiger charge is -2.17. The van der Waals surface area contributed by atoms with Gasteiger partial charge >= 0.3 is 0 Å². The largest absolute Gasteiger partial charge is 0.348 e. The van der Waals surface area contributed by atoms with Crippen molar-refractivity contribution in [2.75, 3.05) is 0 Å². The summed E-state index contributed by atoms with van der Waals surface area (Å²) < 4.78 is 0. The average molecular weight is 262 g/mol. The van der Waals surface area contributed by atoms with E-state index < -0.39 is 6.04 Å². The molecule has 0 aliphatic heterocycles. The van der Waals surface area contributed by atoms with Gasteiger partial charge in [0.1, 0.15) is 0 Å². The summed E-state index contributed by atoms with van der Waals surface area (Å²) in [6, 6.07) is 8.02. The van der Waals surface area contributed by atoms with Gasteiger partial charge in [0.25, 0.3) is 0 Å². The fourth-order valence-corrected chi connectivity index (χ4v) is 2.00. The summed E-state index contributed by atoms with van der Waals surface area (Å²) in [6.07, 6.45) is 1.74. The lowest BCUT2D eigenvalue weighted by molar-refractivity contribution is -0.123. The molecule has 0 saturated carbocycles. The second-order valence-corrected chi connectivity index (χ2v) is 5.58. The first-order valence-corrected chi connectivity index (χ1v) is 7.08. The molecule has 2 atom stereocenters. The maximum Gasteiger partial charge on any atom is 0.237 e. The van der Waals surface area contributed by atoms with Crippen molar-refractivity contribution < 1.29 is 4.79 Å². The van der Waals surface area contributed by atoms with Crippen LogP contribution in [0.2, 0.25) is 0 Å². The molecule has 106 valence electrons. The molecule has 0 spiro atoms. The molecule has 1 aromatic carbocycles. The predicted molar refractivity (Wildman–Crippen MR) is 79.8 cm³/mol. The third-order valence-corrected chi connectivity index (χ3v) is 3.26. The number of hydrogen-bond acceptors (Lipinski definition) is 2. The molecular weight excluding hydrogens is 236 g/mol. The minimum atomic E-state index is -0.414. The lowest BCUT2D eigenvalue weighted by Crippen LogP contribution is -2.41. The van der Waals surface area contributed by atoms with E-state index in [4.69, 9.17) is 5.73 Å². The van der Waals surface area contributed by atoms with Crippen LogP contribution in [0.3, 0.4) is 0 Å². The Balaban J connectivity index is 2.62. The van der Waals surface area contributed by atoms with Gasteiger partial charge in [-0.1, -0.05) is 45.0 Å². The Morgan fingerprint density at radius 2 is 1.79 bits per heavy atom. The molecule has 19 heavy (non-hydrogen) atoms. The van der Waals surface area contributed by atoms with Gasteiger partial charge in [-0.2, -0.15) is 0 Å². The molecule has 0 aliphatic rings. The van der Waals surface area contributed by atoms with Gasteiger partial charge < -0.3 is 11.1 Å². The number of benzene rings is 1. The Labute approximate surface area is 116 Å². The van der Waals surface area contributed by atoms with E-state index in [9.17, 15) is 4.79 Å². The highest BCUT2D eigenvalue weighted by Crippen LogP contribution is 2.15. The lowest BCUT2D eigenvalue weighted by atomic mass is 10.00. The van der Waals surface area contributed by atoms with E-state index in [1.165, 1.54) is 5.56 Å². The molecule has 0 fully saturated rings. The number of rotatable bonds is 6. The van der Waals surface area contributed by atoms with Crippen LogP contribution in [0, 0.1) is 5.92 Å².